The third-order valence-electron chi connectivity index (χ3n) is 6.45. The number of aromatic nitrogens is 2. The number of nitrogens with zero attached hydrogens (tertiary/aromatic N) is 3. The Labute approximate surface area is 233 Å². The van der Waals surface area contributed by atoms with Gasteiger partial charge in [-0.1, -0.05) is 0 Å². The first-order valence-electron chi connectivity index (χ1n) is 12.6. The number of anilines is 2. The van der Waals surface area contributed by atoms with E-state index in [1.807, 2.05) is 0 Å². The Morgan fingerprint density at radius 3 is 2.49 bits per heavy atom. The van der Waals surface area contributed by atoms with Gasteiger partial charge in [-0.3, -0.25) is 10.1 Å². The van der Waals surface area contributed by atoms with Crippen LogP contribution >= 0.6 is 0 Å². The fraction of sp³-hybridized carbons (Fsp3) is 0.462. The number of benzene rings is 2. The lowest BCUT2D eigenvalue weighted by Gasteiger charge is -2.21. The minimum Gasteiger partial charge on any atom is -0.493 e. The van der Waals surface area contributed by atoms with Gasteiger partial charge in [-0.05, 0) is 24.6 Å². The molecule has 2 N–H and O–H groups in total. The number of nitrogens with one attached hydrogen (secondary N) is 2. The van der Waals surface area contributed by atoms with E-state index in [-0.39, 0.29) is 30.0 Å². The van der Waals surface area contributed by atoms with E-state index in [2.05, 4.69) is 20.6 Å². The van der Waals surface area contributed by atoms with Gasteiger partial charge < -0.3 is 34.3 Å². The molecule has 0 radical (unpaired) electrons. The number of rotatable bonds is 12. The third-order valence-corrected chi connectivity index (χ3v) is 6.45. The molecule has 12 nitrogen and oxygen atoms in total. The van der Waals surface area contributed by atoms with Crippen LogP contribution in [0.5, 0.6) is 11.5 Å². The largest absolute Gasteiger partial charge is 0.493 e. The Bertz CT molecular complexity index is 1380. The van der Waals surface area contributed by atoms with Gasteiger partial charge in [0.15, 0.2) is 17.8 Å². The molecule has 2 heterocycles. The molecule has 1 aliphatic rings. The maximum Gasteiger partial charge on any atom is 0.416 e. The van der Waals surface area contributed by atoms with E-state index in [1.54, 1.807) is 19.1 Å². The van der Waals surface area contributed by atoms with Gasteiger partial charge in [0.2, 0.25) is 5.95 Å². The predicted molar refractivity (Wildman–Crippen MR) is 142 cm³/mol. The molecule has 15 heteroatoms. The van der Waals surface area contributed by atoms with Crippen molar-refractivity contribution in [3.63, 3.8) is 0 Å². The van der Waals surface area contributed by atoms with Crippen LogP contribution in [0.15, 0.2) is 30.3 Å². The Morgan fingerprint density at radius 2 is 1.88 bits per heavy atom. The van der Waals surface area contributed by atoms with Crippen molar-refractivity contribution >= 4 is 28.4 Å². The highest BCUT2D eigenvalue weighted by Gasteiger charge is 2.33. The van der Waals surface area contributed by atoms with Crippen molar-refractivity contribution in [1.29, 1.82) is 0 Å². The molecule has 1 aromatic heterocycles. The SMILES string of the molecule is COc1cc2nc(NCC(OC)OC)nc(NC(C)c3cc([N+](=O)[O-])cc(C(F)(F)F)c3)c2cc1OC1CCOC1. The van der Waals surface area contributed by atoms with Gasteiger partial charge in [-0.15, -0.1) is 0 Å². The second kappa shape index (κ2) is 12.7. The summed E-state index contributed by atoms with van der Waals surface area (Å²) in [5.74, 6) is 1.23. The quantitative estimate of drug-likeness (QED) is 0.171. The number of alkyl halides is 3. The lowest BCUT2D eigenvalue weighted by molar-refractivity contribution is -0.385. The first kappa shape index (κ1) is 30.0. The van der Waals surface area contributed by atoms with Gasteiger partial charge in [0.25, 0.3) is 5.69 Å². The summed E-state index contributed by atoms with van der Waals surface area (Å²) in [7, 11) is 4.44. The minimum absolute atomic E-state index is 0.0414. The zero-order valence-electron chi connectivity index (χ0n) is 22.8. The van der Waals surface area contributed by atoms with E-state index >= 15 is 0 Å². The monoisotopic (exact) mass is 581 g/mol. The fourth-order valence-electron chi connectivity index (χ4n) is 4.24. The molecule has 4 rings (SSSR count). The molecule has 0 spiro atoms. The van der Waals surface area contributed by atoms with Gasteiger partial charge in [0.05, 0.1) is 48.9 Å². The predicted octanol–water partition coefficient (Wildman–Crippen LogP) is 4.94. The Morgan fingerprint density at radius 1 is 1.12 bits per heavy atom. The molecule has 41 heavy (non-hydrogen) atoms. The van der Waals surface area contributed by atoms with Crippen molar-refractivity contribution in [3.8, 4) is 11.5 Å². The van der Waals surface area contributed by atoms with Crippen molar-refractivity contribution in [2.24, 2.45) is 0 Å². The molecule has 1 aliphatic heterocycles. The standard InChI is InChI=1S/C26H30F3N5O7/c1-14(15-7-16(26(27,28)29)9-17(8-15)34(35)36)31-24-19-10-22(41-18-5-6-40-13-18)21(37-2)11-20(19)32-25(33-24)30-12-23(38-3)39-4/h7-11,14,18,23H,5-6,12-13H2,1-4H3,(H2,30,31,32,33). The average molecular weight is 582 g/mol. The number of nitro groups is 1. The number of halogens is 3. The van der Waals surface area contributed by atoms with E-state index in [0.29, 0.717) is 48.1 Å². The van der Waals surface area contributed by atoms with Crippen LogP contribution in [0.1, 0.15) is 30.5 Å². The molecular weight excluding hydrogens is 551 g/mol. The summed E-state index contributed by atoms with van der Waals surface area (Å²) in [4.78, 5) is 19.6. The molecule has 1 fully saturated rings. The van der Waals surface area contributed by atoms with Crippen LogP contribution in [0.2, 0.25) is 0 Å². The molecule has 0 amide bonds. The maximum atomic E-state index is 13.5. The molecule has 2 atom stereocenters. The van der Waals surface area contributed by atoms with E-state index in [0.717, 1.165) is 12.1 Å². The molecule has 2 aromatic carbocycles. The second-order valence-corrected chi connectivity index (χ2v) is 9.24. The highest BCUT2D eigenvalue weighted by molar-refractivity contribution is 5.93. The summed E-state index contributed by atoms with van der Waals surface area (Å²) < 4.78 is 68.0. The number of hydrogen-bond donors (Lipinski definition) is 2. The van der Waals surface area contributed by atoms with Crippen molar-refractivity contribution < 1.29 is 41.8 Å². The number of methoxy groups -OCH3 is 3. The van der Waals surface area contributed by atoms with Crippen molar-refractivity contribution in [2.45, 2.75) is 38.0 Å². The van der Waals surface area contributed by atoms with Crippen LogP contribution in [-0.4, -0.2) is 68.4 Å². The number of ether oxygens (including phenoxy) is 5. The van der Waals surface area contributed by atoms with Crippen LogP contribution in [0.25, 0.3) is 10.9 Å². The normalized spacial score (nSPS) is 16.1. The molecule has 3 aromatic rings. The summed E-state index contributed by atoms with van der Waals surface area (Å²) in [6.45, 7) is 2.74. The first-order valence-corrected chi connectivity index (χ1v) is 12.6. The number of non-ortho nitro benzene ring substituents is 1. The first-order chi connectivity index (χ1) is 19.5. The van der Waals surface area contributed by atoms with Crippen molar-refractivity contribution in [3.05, 3.63) is 51.6 Å². The molecule has 0 saturated carbocycles. The number of hydrogen-bond acceptors (Lipinski definition) is 11. The molecule has 0 bridgehead atoms. The zero-order chi connectivity index (χ0) is 29.7. The Kier molecular flexibility index (Phi) is 9.30. The Hall–Kier alpha value is -3.95. The summed E-state index contributed by atoms with van der Waals surface area (Å²) in [5.41, 5.74) is -1.33. The highest BCUT2D eigenvalue weighted by Crippen LogP contribution is 2.38. The number of nitro benzene ring substituents is 1. The number of fused-ring (bicyclic) bond motifs is 1. The van der Waals surface area contributed by atoms with E-state index in [1.165, 1.54) is 21.3 Å². The lowest BCUT2D eigenvalue weighted by atomic mass is 10.0. The minimum atomic E-state index is -4.77. The van der Waals surface area contributed by atoms with Gasteiger partial charge in [0.1, 0.15) is 11.9 Å². The van der Waals surface area contributed by atoms with E-state index < -0.39 is 34.7 Å². The van der Waals surface area contributed by atoms with Crippen LogP contribution in [-0.2, 0) is 20.4 Å². The van der Waals surface area contributed by atoms with Crippen LogP contribution in [0.3, 0.4) is 0 Å². The summed E-state index contributed by atoms with van der Waals surface area (Å²) >= 11 is 0. The third kappa shape index (κ3) is 7.23. The molecule has 0 aliphatic carbocycles. The maximum absolute atomic E-state index is 13.5. The molecular formula is C26H30F3N5O7. The Balaban J connectivity index is 1.77. The van der Waals surface area contributed by atoms with Gasteiger partial charge in [0, 0.05) is 44.2 Å². The van der Waals surface area contributed by atoms with E-state index in [9.17, 15) is 23.3 Å². The zero-order valence-corrected chi connectivity index (χ0v) is 22.8. The molecule has 1 saturated heterocycles. The smallest absolute Gasteiger partial charge is 0.416 e. The summed E-state index contributed by atoms with van der Waals surface area (Å²) in [6, 6.07) is 4.96. The lowest BCUT2D eigenvalue weighted by Crippen LogP contribution is -2.24. The topological polar surface area (TPSA) is 139 Å². The van der Waals surface area contributed by atoms with Gasteiger partial charge in [-0.25, -0.2) is 4.98 Å². The molecule has 2 unspecified atom stereocenters. The highest BCUT2D eigenvalue weighted by atomic mass is 19.4. The van der Waals surface area contributed by atoms with Crippen LogP contribution in [0.4, 0.5) is 30.6 Å². The van der Waals surface area contributed by atoms with E-state index in [4.69, 9.17) is 23.7 Å². The van der Waals surface area contributed by atoms with Crippen LogP contribution in [0, 0.1) is 10.1 Å². The second-order valence-electron chi connectivity index (χ2n) is 9.24. The van der Waals surface area contributed by atoms with Gasteiger partial charge in [-0.2, -0.15) is 18.2 Å². The molecule has 222 valence electrons. The van der Waals surface area contributed by atoms with Crippen LogP contribution < -0.4 is 20.1 Å². The van der Waals surface area contributed by atoms with Gasteiger partial charge >= 0.3 is 6.18 Å². The average Bonchev–Trinajstić information content (AvgIpc) is 3.46. The fourth-order valence-corrected chi connectivity index (χ4v) is 4.24. The summed E-state index contributed by atoms with van der Waals surface area (Å²) in [6.07, 6.45) is -4.87. The van der Waals surface area contributed by atoms with Crippen molar-refractivity contribution in [2.75, 3.05) is 51.7 Å². The van der Waals surface area contributed by atoms with Crippen molar-refractivity contribution in [1.82, 2.24) is 9.97 Å². The summed E-state index contributed by atoms with van der Waals surface area (Å²) in [5, 5.41) is 18.0.